The molecular weight excluding hydrogens is 388 g/mol. The summed E-state index contributed by atoms with van der Waals surface area (Å²) >= 11 is 6.44. The fourth-order valence-electron chi connectivity index (χ4n) is 4.23. The number of hydrogen-bond donors (Lipinski definition) is 2. The number of hydrogen-bond acceptors (Lipinski definition) is 6. The first-order chi connectivity index (χ1) is 14.2. The van der Waals surface area contributed by atoms with Crippen LogP contribution in [-0.4, -0.2) is 45.9 Å². The van der Waals surface area contributed by atoms with E-state index < -0.39 is 0 Å². The fraction of sp³-hybridized carbons (Fsp3) is 0.591. The molecule has 2 aromatic rings. The fourth-order valence-corrected chi connectivity index (χ4v) is 4.43. The maximum Gasteiger partial charge on any atom is 0.145 e. The van der Waals surface area contributed by atoms with Crippen LogP contribution in [0.2, 0.25) is 5.02 Å². The molecule has 1 saturated heterocycles. The minimum atomic E-state index is -0.134. The second-order valence-corrected chi connectivity index (χ2v) is 8.69. The third kappa shape index (κ3) is 5.65. The molecule has 1 aliphatic heterocycles. The zero-order valence-corrected chi connectivity index (χ0v) is 17.4. The van der Waals surface area contributed by atoms with E-state index in [2.05, 4.69) is 15.3 Å². The Morgan fingerprint density at radius 3 is 2.76 bits per heavy atom. The summed E-state index contributed by atoms with van der Waals surface area (Å²) in [6.07, 6.45) is 12.1. The minimum absolute atomic E-state index is 0.134. The topological polar surface area (TPSA) is 80.2 Å². The van der Waals surface area contributed by atoms with Crippen molar-refractivity contribution in [2.24, 2.45) is 11.8 Å². The molecule has 2 N–H and O–H groups in total. The minimum Gasteiger partial charge on any atom is -0.393 e. The SMILES string of the molecule is OC1CCC(Cc2cc(-c3cncc(NC[C@H]4CCCOC4)n3)c(Cl)cn2)CC1. The van der Waals surface area contributed by atoms with Crippen LogP contribution in [0.3, 0.4) is 0 Å². The van der Waals surface area contributed by atoms with E-state index in [4.69, 9.17) is 21.3 Å². The lowest BCUT2D eigenvalue weighted by molar-refractivity contribution is 0.0595. The number of nitrogens with one attached hydrogen (secondary N) is 1. The summed E-state index contributed by atoms with van der Waals surface area (Å²) in [6, 6.07) is 2.04. The van der Waals surface area contributed by atoms with Crippen molar-refractivity contribution in [1.82, 2.24) is 15.0 Å². The predicted octanol–water partition coefficient (Wildman–Crippen LogP) is 4.12. The molecule has 29 heavy (non-hydrogen) atoms. The van der Waals surface area contributed by atoms with Gasteiger partial charge in [0.2, 0.25) is 0 Å². The van der Waals surface area contributed by atoms with Gasteiger partial charge < -0.3 is 15.2 Å². The Kier molecular flexibility index (Phi) is 6.95. The highest BCUT2D eigenvalue weighted by molar-refractivity contribution is 6.33. The number of aliphatic hydroxyl groups is 1. The van der Waals surface area contributed by atoms with Gasteiger partial charge in [-0.1, -0.05) is 11.6 Å². The molecule has 0 bridgehead atoms. The molecule has 2 fully saturated rings. The quantitative estimate of drug-likeness (QED) is 0.737. The van der Waals surface area contributed by atoms with Crippen LogP contribution in [0.1, 0.15) is 44.2 Å². The molecule has 1 saturated carbocycles. The monoisotopic (exact) mass is 416 g/mol. The number of aliphatic hydroxyl groups excluding tert-OH is 1. The molecule has 1 atom stereocenters. The van der Waals surface area contributed by atoms with Gasteiger partial charge in [-0.05, 0) is 62.8 Å². The Morgan fingerprint density at radius 2 is 1.97 bits per heavy atom. The van der Waals surface area contributed by atoms with Gasteiger partial charge in [-0.25, -0.2) is 4.98 Å². The van der Waals surface area contributed by atoms with Gasteiger partial charge in [0.1, 0.15) is 5.82 Å². The number of nitrogens with zero attached hydrogens (tertiary/aromatic N) is 3. The molecule has 2 aromatic heterocycles. The molecule has 0 radical (unpaired) electrons. The molecule has 0 aromatic carbocycles. The third-order valence-corrected chi connectivity index (χ3v) is 6.26. The highest BCUT2D eigenvalue weighted by Gasteiger charge is 2.21. The third-order valence-electron chi connectivity index (χ3n) is 5.96. The van der Waals surface area contributed by atoms with E-state index in [1.807, 2.05) is 6.07 Å². The van der Waals surface area contributed by atoms with Crippen molar-refractivity contribution in [3.05, 3.63) is 35.4 Å². The first kappa shape index (κ1) is 20.5. The Morgan fingerprint density at radius 1 is 1.10 bits per heavy atom. The number of rotatable bonds is 6. The van der Waals surface area contributed by atoms with Crippen LogP contribution < -0.4 is 5.32 Å². The summed E-state index contributed by atoms with van der Waals surface area (Å²) in [7, 11) is 0. The van der Waals surface area contributed by atoms with E-state index in [0.29, 0.717) is 16.9 Å². The molecule has 1 aliphatic carbocycles. The molecule has 4 rings (SSSR count). The zero-order valence-electron chi connectivity index (χ0n) is 16.7. The number of anilines is 1. The molecule has 2 aliphatic rings. The zero-order chi connectivity index (χ0) is 20.1. The van der Waals surface area contributed by atoms with E-state index in [1.165, 1.54) is 6.42 Å². The van der Waals surface area contributed by atoms with Crippen LogP contribution in [0, 0.1) is 11.8 Å². The summed E-state index contributed by atoms with van der Waals surface area (Å²) in [6.45, 7) is 2.51. The molecular formula is C22H29ClN4O2. The van der Waals surface area contributed by atoms with Crippen molar-refractivity contribution in [2.45, 2.75) is 51.0 Å². The van der Waals surface area contributed by atoms with Gasteiger partial charge in [0.25, 0.3) is 0 Å². The predicted molar refractivity (Wildman–Crippen MR) is 114 cm³/mol. The van der Waals surface area contributed by atoms with Crippen molar-refractivity contribution >= 4 is 17.4 Å². The Hall–Kier alpha value is -1.76. The Bertz CT molecular complexity index is 805. The van der Waals surface area contributed by atoms with Crippen molar-refractivity contribution < 1.29 is 9.84 Å². The summed E-state index contributed by atoms with van der Waals surface area (Å²) in [5.41, 5.74) is 2.64. The number of ether oxygens (including phenoxy) is 1. The van der Waals surface area contributed by atoms with E-state index in [1.54, 1.807) is 18.6 Å². The lowest BCUT2D eigenvalue weighted by Crippen LogP contribution is -2.24. The van der Waals surface area contributed by atoms with E-state index in [-0.39, 0.29) is 6.10 Å². The summed E-state index contributed by atoms with van der Waals surface area (Å²) in [5, 5.41) is 13.7. The standard InChI is InChI=1S/C22H29ClN4O2/c23-20-11-25-17(8-15-3-5-18(28)6-4-15)9-19(20)21-12-24-13-22(27-21)26-10-16-2-1-7-29-14-16/h9,11-13,15-16,18,28H,1-8,10,14H2,(H,26,27)/t15?,16-,18?/m1/s1. The lowest BCUT2D eigenvalue weighted by atomic mass is 9.84. The van der Waals surface area contributed by atoms with Crippen LogP contribution in [-0.2, 0) is 11.2 Å². The van der Waals surface area contributed by atoms with Crippen molar-refractivity contribution in [3.8, 4) is 11.3 Å². The summed E-state index contributed by atoms with van der Waals surface area (Å²) in [5.74, 6) is 1.83. The maximum atomic E-state index is 9.71. The second kappa shape index (κ2) is 9.83. The van der Waals surface area contributed by atoms with Gasteiger partial charge in [0.15, 0.2) is 0 Å². The molecule has 0 amide bonds. The van der Waals surface area contributed by atoms with Crippen LogP contribution in [0.4, 0.5) is 5.82 Å². The van der Waals surface area contributed by atoms with Crippen molar-refractivity contribution in [2.75, 3.05) is 25.1 Å². The van der Waals surface area contributed by atoms with Gasteiger partial charge in [-0.3, -0.25) is 9.97 Å². The van der Waals surface area contributed by atoms with Gasteiger partial charge in [-0.15, -0.1) is 0 Å². The average Bonchev–Trinajstić information content (AvgIpc) is 2.76. The van der Waals surface area contributed by atoms with Gasteiger partial charge in [0.05, 0.1) is 35.8 Å². The Balaban J connectivity index is 1.44. The van der Waals surface area contributed by atoms with Gasteiger partial charge in [0, 0.05) is 30.6 Å². The maximum absolute atomic E-state index is 9.71. The Labute approximate surface area is 177 Å². The lowest BCUT2D eigenvalue weighted by Gasteiger charge is -2.25. The molecule has 7 heteroatoms. The van der Waals surface area contributed by atoms with E-state index >= 15 is 0 Å². The first-order valence-electron chi connectivity index (χ1n) is 10.6. The summed E-state index contributed by atoms with van der Waals surface area (Å²) < 4.78 is 5.55. The van der Waals surface area contributed by atoms with Crippen LogP contribution in [0.25, 0.3) is 11.3 Å². The van der Waals surface area contributed by atoms with E-state index in [0.717, 1.165) is 81.1 Å². The highest BCUT2D eigenvalue weighted by atomic mass is 35.5. The smallest absolute Gasteiger partial charge is 0.145 e. The highest BCUT2D eigenvalue weighted by Crippen LogP contribution is 2.30. The van der Waals surface area contributed by atoms with Gasteiger partial charge >= 0.3 is 0 Å². The van der Waals surface area contributed by atoms with Crippen LogP contribution >= 0.6 is 11.6 Å². The number of aromatic nitrogens is 3. The number of halogens is 1. The molecule has 3 heterocycles. The van der Waals surface area contributed by atoms with E-state index in [9.17, 15) is 5.11 Å². The first-order valence-corrected chi connectivity index (χ1v) is 11.0. The second-order valence-electron chi connectivity index (χ2n) is 8.29. The van der Waals surface area contributed by atoms with Crippen molar-refractivity contribution in [1.29, 1.82) is 0 Å². The largest absolute Gasteiger partial charge is 0.393 e. The van der Waals surface area contributed by atoms with Crippen molar-refractivity contribution in [3.63, 3.8) is 0 Å². The average molecular weight is 417 g/mol. The molecule has 156 valence electrons. The normalized spacial score (nSPS) is 25.0. The van der Waals surface area contributed by atoms with Crippen LogP contribution in [0.15, 0.2) is 24.7 Å². The molecule has 6 nitrogen and oxygen atoms in total. The molecule has 0 unspecified atom stereocenters. The van der Waals surface area contributed by atoms with Crippen LogP contribution in [0.5, 0.6) is 0 Å². The number of pyridine rings is 1. The van der Waals surface area contributed by atoms with Gasteiger partial charge in [-0.2, -0.15) is 0 Å². The molecule has 0 spiro atoms. The summed E-state index contributed by atoms with van der Waals surface area (Å²) in [4.78, 5) is 13.6.